The Hall–Kier alpha value is -2.38. The Morgan fingerprint density at radius 1 is 1.10 bits per heavy atom. The van der Waals surface area contributed by atoms with Gasteiger partial charge in [-0.3, -0.25) is 4.68 Å². The first-order chi connectivity index (χ1) is 14.5. The second-order valence-corrected chi connectivity index (χ2v) is 8.92. The quantitative estimate of drug-likeness (QED) is 0.795. The molecule has 8 heteroatoms. The zero-order valence-electron chi connectivity index (χ0n) is 17.0. The van der Waals surface area contributed by atoms with E-state index in [0.717, 1.165) is 42.3 Å². The average Bonchev–Trinajstić information content (AvgIpc) is 3.45. The van der Waals surface area contributed by atoms with Crippen LogP contribution in [0.3, 0.4) is 0 Å². The van der Waals surface area contributed by atoms with Crippen LogP contribution in [-0.4, -0.2) is 51.9 Å². The number of piperidine rings is 1. The predicted octanol–water partition coefficient (Wildman–Crippen LogP) is 4.50. The van der Waals surface area contributed by atoms with Crippen LogP contribution in [-0.2, 0) is 0 Å². The molecule has 1 aromatic carbocycles. The van der Waals surface area contributed by atoms with E-state index in [1.54, 1.807) is 4.90 Å². The van der Waals surface area contributed by atoms with Gasteiger partial charge in [0, 0.05) is 37.4 Å². The van der Waals surface area contributed by atoms with Crippen molar-refractivity contribution in [3.63, 3.8) is 0 Å². The minimum absolute atomic E-state index is 0.129. The molecule has 1 aliphatic heterocycles. The predicted molar refractivity (Wildman–Crippen MR) is 109 cm³/mol. The number of nitrogens with zero attached hydrogens (tertiary/aromatic N) is 3. The van der Waals surface area contributed by atoms with Gasteiger partial charge in [0.25, 0.3) is 0 Å². The number of aromatic nitrogens is 2. The molecule has 1 N–H and O–H groups in total. The number of carbonyl (C=O) groups excluding carboxylic acids is 1. The van der Waals surface area contributed by atoms with Crippen molar-refractivity contribution < 1.29 is 18.3 Å². The number of fused-ring (bicyclic) bond motifs is 1. The maximum Gasteiger partial charge on any atom is 0.317 e. The molecule has 1 aromatic heterocycles. The molecule has 2 saturated carbocycles. The van der Waals surface area contributed by atoms with Crippen molar-refractivity contribution in [2.75, 3.05) is 13.1 Å². The van der Waals surface area contributed by atoms with Crippen molar-refractivity contribution in [1.82, 2.24) is 20.0 Å². The van der Waals surface area contributed by atoms with Crippen LogP contribution in [0.25, 0.3) is 10.9 Å². The first kappa shape index (κ1) is 19.6. The van der Waals surface area contributed by atoms with Crippen molar-refractivity contribution in [3.8, 4) is 5.75 Å². The molecule has 0 atom stereocenters. The Labute approximate surface area is 174 Å². The molecule has 0 spiro atoms. The SMILES string of the molecule is O=C(NC1CCC(F)(F)CC1)N1CCC(n2ncc3cc(OC4CC4)ccc32)CC1. The Morgan fingerprint density at radius 3 is 2.53 bits per heavy atom. The van der Waals surface area contributed by atoms with Gasteiger partial charge in [-0.1, -0.05) is 0 Å². The lowest BCUT2D eigenvalue weighted by Crippen LogP contribution is -2.49. The van der Waals surface area contributed by atoms with Crippen molar-refractivity contribution in [3.05, 3.63) is 24.4 Å². The van der Waals surface area contributed by atoms with E-state index in [4.69, 9.17) is 4.74 Å². The molecule has 1 saturated heterocycles. The Bertz CT molecular complexity index is 909. The van der Waals surface area contributed by atoms with E-state index in [2.05, 4.69) is 21.2 Å². The number of hydrogen-bond donors (Lipinski definition) is 1. The highest BCUT2D eigenvalue weighted by atomic mass is 19.3. The first-order valence-corrected chi connectivity index (χ1v) is 11.0. The van der Waals surface area contributed by atoms with Gasteiger partial charge < -0.3 is 15.0 Å². The minimum atomic E-state index is -2.57. The monoisotopic (exact) mass is 418 g/mol. The van der Waals surface area contributed by atoms with Crippen LogP contribution in [0.1, 0.15) is 57.4 Å². The summed E-state index contributed by atoms with van der Waals surface area (Å²) in [5.74, 6) is -1.67. The Balaban J connectivity index is 1.16. The number of urea groups is 1. The minimum Gasteiger partial charge on any atom is -0.490 e. The molecule has 2 amide bonds. The lowest BCUT2D eigenvalue weighted by Gasteiger charge is -2.35. The van der Waals surface area contributed by atoms with Crippen LogP contribution in [0.2, 0.25) is 0 Å². The molecule has 0 bridgehead atoms. The number of benzene rings is 1. The van der Waals surface area contributed by atoms with Crippen molar-refractivity contribution in [2.24, 2.45) is 0 Å². The largest absolute Gasteiger partial charge is 0.490 e. The van der Waals surface area contributed by atoms with Crippen molar-refractivity contribution in [2.45, 2.75) is 75.5 Å². The van der Waals surface area contributed by atoms with Crippen molar-refractivity contribution in [1.29, 1.82) is 0 Å². The van der Waals surface area contributed by atoms with Gasteiger partial charge in [-0.25, -0.2) is 13.6 Å². The van der Waals surface area contributed by atoms with Gasteiger partial charge in [0.05, 0.1) is 23.9 Å². The lowest BCUT2D eigenvalue weighted by molar-refractivity contribution is -0.0398. The van der Waals surface area contributed by atoms with Gasteiger partial charge in [-0.15, -0.1) is 0 Å². The number of ether oxygens (including phenoxy) is 1. The average molecular weight is 418 g/mol. The topological polar surface area (TPSA) is 59.4 Å². The number of halogens is 2. The van der Waals surface area contributed by atoms with E-state index in [-0.39, 0.29) is 31.0 Å². The molecule has 3 aliphatic rings. The molecule has 2 aliphatic carbocycles. The summed E-state index contributed by atoms with van der Waals surface area (Å²) in [5, 5.41) is 8.62. The number of hydrogen-bond acceptors (Lipinski definition) is 3. The van der Waals surface area contributed by atoms with E-state index in [1.165, 1.54) is 0 Å². The number of amides is 2. The van der Waals surface area contributed by atoms with Gasteiger partial charge in [-0.2, -0.15) is 5.10 Å². The molecule has 5 rings (SSSR count). The first-order valence-electron chi connectivity index (χ1n) is 11.0. The van der Waals surface area contributed by atoms with Crippen LogP contribution >= 0.6 is 0 Å². The third kappa shape index (κ3) is 4.23. The summed E-state index contributed by atoms with van der Waals surface area (Å²) < 4.78 is 34.5. The normalized spacial score (nSPS) is 22.9. The summed E-state index contributed by atoms with van der Waals surface area (Å²) in [5.41, 5.74) is 1.09. The molecule has 2 aromatic rings. The molecule has 0 unspecified atom stereocenters. The summed E-state index contributed by atoms with van der Waals surface area (Å²) in [6, 6.07) is 6.10. The summed E-state index contributed by atoms with van der Waals surface area (Å²) in [7, 11) is 0. The standard InChI is InChI=1S/C22H28F2N4O2/c23-22(24)9-5-16(6-10-22)26-21(29)27-11-7-17(8-12-27)28-20-4-3-19(30-18-1-2-18)13-15(20)14-25-28/h3-4,13-14,16-18H,1-2,5-12H2,(H,26,29). The lowest BCUT2D eigenvalue weighted by atomic mass is 9.92. The fourth-order valence-electron chi connectivity index (χ4n) is 4.54. The van der Waals surface area contributed by atoms with E-state index < -0.39 is 5.92 Å². The molecule has 30 heavy (non-hydrogen) atoms. The molecular weight excluding hydrogens is 390 g/mol. The fraction of sp³-hybridized carbons (Fsp3) is 0.636. The number of nitrogens with one attached hydrogen (secondary N) is 1. The van der Waals surface area contributed by atoms with Crippen LogP contribution in [0.15, 0.2) is 24.4 Å². The third-order valence-electron chi connectivity index (χ3n) is 6.54. The highest BCUT2D eigenvalue weighted by molar-refractivity contribution is 5.80. The highest BCUT2D eigenvalue weighted by Gasteiger charge is 2.36. The zero-order valence-corrected chi connectivity index (χ0v) is 17.0. The molecule has 162 valence electrons. The highest BCUT2D eigenvalue weighted by Crippen LogP contribution is 2.34. The maximum absolute atomic E-state index is 13.3. The third-order valence-corrected chi connectivity index (χ3v) is 6.54. The van der Waals surface area contributed by atoms with Crippen LogP contribution in [0, 0.1) is 0 Å². The van der Waals surface area contributed by atoms with Gasteiger partial charge >= 0.3 is 6.03 Å². The summed E-state index contributed by atoms with van der Waals surface area (Å²) >= 11 is 0. The zero-order chi connectivity index (χ0) is 20.7. The Kier molecular flexibility index (Phi) is 5.03. The summed E-state index contributed by atoms with van der Waals surface area (Å²) in [6.07, 6.45) is 6.60. The second kappa shape index (κ2) is 7.71. The fourth-order valence-corrected chi connectivity index (χ4v) is 4.54. The second-order valence-electron chi connectivity index (χ2n) is 8.92. The van der Waals surface area contributed by atoms with Crippen LogP contribution in [0.5, 0.6) is 5.75 Å². The van der Waals surface area contributed by atoms with E-state index in [9.17, 15) is 13.6 Å². The number of carbonyl (C=O) groups is 1. The number of rotatable bonds is 4. The van der Waals surface area contributed by atoms with Gasteiger partial charge in [-0.05, 0) is 56.7 Å². The molecular formula is C22H28F2N4O2. The number of likely N-dealkylation sites (tertiary alicyclic amines) is 1. The summed E-state index contributed by atoms with van der Waals surface area (Å²) in [4.78, 5) is 14.4. The van der Waals surface area contributed by atoms with Crippen LogP contribution < -0.4 is 10.1 Å². The molecule has 6 nitrogen and oxygen atoms in total. The van der Waals surface area contributed by atoms with Gasteiger partial charge in [0.2, 0.25) is 5.92 Å². The van der Waals surface area contributed by atoms with Crippen molar-refractivity contribution >= 4 is 16.9 Å². The maximum atomic E-state index is 13.3. The van der Waals surface area contributed by atoms with Crippen LogP contribution in [0.4, 0.5) is 13.6 Å². The summed E-state index contributed by atoms with van der Waals surface area (Å²) in [6.45, 7) is 1.28. The molecule has 3 fully saturated rings. The number of alkyl halides is 2. The van der Waals surface area contributed by atoms with E-state index >= 15 is 0 Å². The van der Waals surface area contributed by atoms with E-state index in [1.807, 2.05) is 18.3 Å². The van der Waals surface area contributed by atoms with Gasteiger partial charge in [0.15, 0.2) is 0 Å². The van der Waals surface area contributed by atoms with E-state index in [0.29, 0.717) is 32.0 Å². The molecule has 2 heterocycles. The Morgan fingerprint density at radius 2 is 1.83 bits per heavy atom. The molecule has 0 radical (unpaired) electrons. The smallest absolute Gasteiger partial charge is 0.317 e. The van der Waals surface area contributed by atoms with Gasteiger partial charge in [0.1, 0.15) is 5.75 Å².